The van der Waals surface area contributed by atoms with Gasteiger partial charge in [0.05, 0.1) is 18.4 Å². The highest BCUT2D eigenvalue weighted by Gasteiger charge is 2.38. The fraction of sp³-hybridized carbons (Fsp3) is 0.417. The monoisotopic (exact) mass is 545 g/mol. The van der Waals surface area contributed by atoms with Gasteiger partial charge in [-0.2, -0.15) is 17.5 Å². The SMILES string of the molecule is COc1ccccc1C(=O)N(CCc1ccccc1)CCS(=O)(=O)N1CCNCC1.O=C(O)C(F)(F)F. The number of methoxy groups -OCH3 is 1. The van der Waals surface area contributed by atoms with E-state index in [9.17, 15) is 26.4 Å². The quantitative estimate of drug-likeness (QED) is 0.497. The van der Waals surface area contributed by atoms with Crippen LogP contribution in [-0.2, 0) is 21.2 Å². The number of nitrogens with one attached hydrogen (secondary N) is 1. The zero-order valence-electron chi connectivity index (χ0n) is 20.3. The van der Waals surface area contributed by atoms with Crippen LogP contribution in [0.2, 0.25) is 0 Å². The third-order valence-electron chi connectivity index (χ3n) is 5.47. The molecule has 0 spiro atoms. The number of nitrogens with zero attached hydrogens (tertiary/aromatic N) is 2. The van der Waals surface area contributed by atoms with Crippen LogP contribution in [-0.4, -0.2) is 92.9 Å². The number of piperazine rings is 1. The molecule has 0 bridgehead atoms. The number of rotatable bonds is 9. The molecule has 1 saturated heterocycles. The lowest BCUT2D eigenvalue weighted by atomic mass is 10.1. The molecule has 0 saturated carbocycles. The minimum atomic E-state index is -5.08. The second-order valence-corrected chi connectivity index (χ2v) is 10.1. The van der Waals surface area contributed by atoms with Crippen LogP contribution < -0.4 is 10.1 Å². The maximum Gasteiger partial charge on any atom is 0.490 e. The van der Waals surface area contributed by atoms with Gasteiger partial charge < -0.3 is 20.1 Å². The molecule has 13 heteroatoms. The fourth-order valence-electron chi connectivity index (χ4n) is 3.49. The van der Waals surface area contributed by atoms with E-state index in [2.05, 4.69) is 5.32 Å². The number of aliphatic carboxylic acids is 1. The van der Waals surface area contributed by atoms with Crippen molar-refractivity contribution in [1.82, 2.24) is 14.5 Å². The summed E-state index contributed by atoms with van der Waals surface area (Å²) >= 11 is 0. The van der Waals surface area contributed by atoms with E-state index in [4.69, 9.17) is 14.6 Å². The highest BCUT2D eigenvalue weighted by atomic mass is 32.2. The number of sulfonamides is 1. The number of hydrogen-bond donors (Lipinski definition) is 2. The van der Waals surface area contributed by atoms with Crippen molar-refractivity contribution in [3.05, 3.63) is 65.7 Å². The number of halogens is 3. The van der Waals surface area contributed by atoms with Crippen molar-refractivity contribution in [3.63, 3.8) is 0 Å². The number of amides is 1. The largest absolute Gasteiger partial charge is 0.496 e. The molecule has 204 valence electrons. The lowest BCUT2D eigenvalue weighted by molar-refractivity contribution is -0.192. The van der Waals surface area contributed by atoms with Gasteiger partial charge in [-0.15, -0.1) is 0 Å². The summed E-state index contributed by atoms with van der Waals surface area (Å²) in [5.41, 5.74) is 1.54. The van der Waals surface area contributed by atoms with Crippen molar-refractivity contribution < 1.29 is 41.0 Å². The van der Waals surface area contributed by atoms with E-state index < -0.39 is 22.2 Å². The molecule has 2 aromatic carbocycles. The molecule has 9 nitrogen and oxygen atoms in total. The number of para-hydroxylation sites is 1. The van der Waals surface area contributed by atoms with Crippen LogP contribution in [0.25, 0.3) is 0 Å². The Balaban J connectivity index is 0.000000604. The molecule has 0 radical (unpaired) electrons. The normalized spacial score (nSPS) is 14.3. The number of benzene rings is 2. The Labute approximate surface area is 213 Å². The number of ether oxygens (including phenoxy) is 1. The topological polar surface area (TPSA) is 116 Å². The third-order valence-corrected chi connectivity index (χ3v) is 7.32. The van der Waals surface area contributed by atoms with Crippen LogP contribution in [0, 0.1) is 0 Å². The van der Waals surface area contributed by atoms with E-state index in [0.29, 0.717) is 50.5 Å². The van der Waals surface area contributed by atoms with Crippen LogP contribution in [0.5, 0.6) is 5.75 Å². The summed E-state index contributed by atoms with van der Waals surface area (Å²) in [6.07, 6.45) is -4.44. The van der Waals surface area contributed by atoms with Crippen molar-refractivity contribution in [1.29, 1.82) is 0 Å². The molecular weight excluding hydrogens is 515 g/mol. The Hall–Kier alpha value is -3.16. The Morgan fingerprint density at radius 2 is 1.59 bits per heavy atom. The van der Waals surface area contributed by atoms with Gasteiger partial charge >= 0.3 is 12.1 Å². The average Bonchev–Trinajstić information content (AvgIpc) is 2.89. The van der Waals surface area contributed by atoms with Crippen LogP contribution in [0.3, 0.4) is 0 Å². The highest BCUT2D eigenvalue weighted by molar-refractivity contribution is 7.89. The number of hydrogen-bond acceptors (Lipinski definition) is 6. The van der Waals surface area contributed by atoms with Gasteiger partial charge in [0.2, 0.25) is 10.0 Å². The van der Waals surface area contributed by atoms with E-state index >= 15 is 0 Å². The van der Waals surface area contributed by atoms with Gasteiger partial charge in [-0.05, 0) is 24.1 Å². The summed E-state index contributed by atoms with van der Waals surface area (Å²) in [5, 5.41) is 10.3. The van der Waals surface area contributed by atoms with Crippen LogP contribution in [0.4, 0.5) is 13.2 Å². The molecule has 0 aliphatic carbocycles. The van der Waals surface area contributed by atoms with Crippen molar-refractivity contribution in [2.75, 3.05) is 52.1 Å². The first-order chi connectivity index (χ1) is 17.5. The maximum absolute atomic E-state index is 13.3. The van der Waals surface area contributed by atoms with Crippen LogP contribution in [0.1, 0.15) is 15.9 Å². The molecule has 1 amide bonds. The molecule has 2 aromatic rings. The highest BCUT2D eigenvalue weighted by Crippen LogP contribution is 2.20. The summed E-state index contributed by atoms with van der Waals surface area (Å²) in [6.45, 7) is 2.79. The minimum absolute atomic E-state index is 0.0946. The molecule has 37 heavy (non-hydrogen) atoms. The van der Waals surface area contributed by atoms with Gasteiger partial charge in [-0.3, -0.25) is 4.79 Å². The number of carbonyl (C=O) groups is 2. The molecule has 1 fully saturated rings. The maximum atomic E-state index is 13.3. The van der Waals surface area contributed by atoms with E-state index in [0.717, 1.165) is 5.56 Å². The molecule has 1 aliphatic heterocycles. The van der Waals surface area contributed by atoms with E-state index in [-0.39, 0.29) is 18.2 Å². The standard InChI is InChI=1S/C22H29N3O4S.C2HF3O2/c1-29-21-10-6-5-9-20(21)22(26)24(14-11-19-7-3-2-4-8-19)17-18-30(27,28)25-15-12-23-13-16-25;3-2(4,5)1(6)7/h2-10,23H,11-18H2,1H3;(H,6,7). The zero-order valence-corrected chi connectivity index (χ0v) is 21.1. The summed E-state index contributed by atoms with van der Waals surface area (Å²) in [5.74, 6) is -2.59. The smallest absolute Gasteiger partial charge is 0.490 e. The molecule has 0 atom stereocenters. The first kappa shape index (κ1) is 30.1. The molecule has 2 N–H and O–H groups in total. The Bertz CT molecular complexity index is 1120. The van der Waals surface area contributed by atoms with Gasteiger partial charge in [-0.25, -0.2) is 13.2 Å². The van der Waals surface area contributed by atoms with Crippen molar-refractivity contribution in [2.45, 2.75) is 12.6 Å². The lowest BCUT2D eigenvalue weighted by Crippen LogP contribution is -2.48. The number of alkyl halides is 3. The first-order valence-electron chi connectivity index (χ1n) is 11.4. The minimum Gasteiger partial charge on any atom is -0.496 e. The fourth-order valence-corrected chi connectivity index (χ4v) is 4.94. The molecule has 0 unspecified atom stereocenters. The third kappa shape index (κ3) is 9.67. The van der Waals surface area contributed by atoms with E-state index in [1.807, 2.05) is 30.3 Å². The summed E-state index contributed by atoms with van der Waals surface area (Å²) in [6, 6.07) is 16.9. The van der Waals surface area contributed by atoms with E-state index in [1.165, 1.54) is 11.4 Å². The first-order valence-corrected chi connectivity index (χ1v) is 13.0. The zero-order chi connectivity index (χ0) is 27.5. The summed E-state index contributed by atoms with van der Waals surface area (Å²) < 4.78 is 64.1. The van der Waals surface area contributed by atoms with Crippen molar-refractivity contribution in [2.24, 2.45) is 0 Å². The van der Waals surface area contributed by atoms with Gasteiger partial charge in [0, 0.05) is 39.3 Å². The number of carboxylic acid groups (broad SMARTS) is 1. The second kappa shape index (κ2) is 14.0. The number of carbonyl (C=O) groups excluding carboxylic acids is 1. The molecule has 3 rings (SSSR count). The number of carboxylic acids is 1. The predicted octanol–water partition coefficient (Wildman–Crippen LogP) is 2.25. The van der Waals surface area contributed by atoms with Gasteiger partial charge in [0.1, 0.15) is 5.75 Å². The van der Waals surface area contributed by atoms with Gasteiger partial charge in [0.15, 0.2) is 0 Å². The molecular formula is C24H30F3N3O6S. The summed E-state index contributed by atoms with van der Waals surface area (Å²) in [7, 11) is -1.90. The predicted molar refractivity (Wildman–Crippen MR) is 131 cm³/mol. The van der Waals surface area contributed by atoms with Crippen molar-refractivity contribution >= 4 is 21.9 Å². The Morgan fingerprint density at radius 1 is 1.03 bits per heavy atom. The van der Waals surface area contributed by atoms with E-state index in [1.54, 1.807) is 29.2 Å². The average molecular weight is 546 g/mol. The Kier molecular flexibility index (Phi) is 11.3. The molecule has 0 aromatic heterocycles. The van der Waals surface area contributed by atoms with Gasteiger partial charge in [0.25, 0.3) is 5.91 Å². The molecule has 1 heterocycles. The molecule has 1 aliphatic rings. The van der Waals surface area contributed by atoms with Crippen LogP contribution in [0.15, 0.2) is 54.6 Å². The van der Waals surface area contributed by atoms with Crippen LogP contribution >= 0.6 is 0 Å². The van der Waals surface area contributed by atoms with Gasteiger partial charge in [-0.1, -0.05) is 42.5 Å². The summed E-state index contributed by atoms with van der Waals surface area (Å²) in [4.78, 5) is 23.8. The lowest BCUT2D eigenvalue weighted by Gasteiger charge is -2.29. The van der Waals surface area contributed by atoms with Crippen molar-refractivity contribution in [3.8, 4) is 5.75 Å². The Morgan fingerprint density at radius 3 is 2.16 bits per heavy atom. The second-order valence-electron chi connectivity index (χ2n) is 8.00.